The van der Waals surface area contributed by atoms with E-state index in [4.69, 9.17) is 4.74 Å². The third-order valence-electron chi connectivity index (χ3n) is 2.82. The van der Waals surface area contributed by atoms with Gasteiger partial charge in [-0.3, -0.25) is 4.79 Å². The Morgan fingerprint density at radius 2 is 1.91 bits per heavy atom. The molecule has 0 saturated heterocycles. The van der Waals surface area contributed by atoms with Gasteiger partial charge in [0.2, 0.25) is 5.91 Å². The predicted octanol–water partition coefficient (Wildman–Crippen LogP) is 3.44. The number of benzene rings is 2. The molecule has 1 amide bonds. The van der Waals surface area contributed by atoms with Crippen LogP contribution >= 0.6 is 0 Å². The van der Waals surface area contributed by atoms with E-state index in [1.54, 1.807) is 42.5 Å². The molecule has 0 radical (unpaired) electrons. The van der Waals surface area contributed by atoms with Crippen LogP contribution in [0.1, 0.15) is 0 Å². The molecule has 114 valence electrons. The smallest absolute Gasteiger partial charge is 0.243 e. The van der Waals surface area contributed by atoms with Gasteiger partial charge in [-0.1, -0.05) is 24.8 Å². The third-order valence-corrected chi connectivity index (χ3v) is 2.82. The molecule has 0 aliphatic carbocycles. The highest BCUT2D eigenvalue weighted by Crippen LogP contribution is 2.16. The number of ether oxygens (including phenoxy) is 1. The maximum atomic E-state index is 13.4. The molecule has 0 aliphatic heterocycles. The standard InChI is InChI=1S/C17H17FN2O2/c1-2-11-22-14-9-7-13(8-10-14)19-12-17(21)20-16-6-4-3-5-15(16)18/h2-10,19H,1,11-12H2,(H,20,21). The molecule has 0 bridgehead atoms. The molecule has 5 heteroatoms. The first-order valence-corrected chi connectivity index (χ1v) is 6.81. The molecule has 0 aromatic heterocycles. The Morgan fingerprint density at radius 1 is 1.18 bits per heavy atom. The number of para-hydroxylation sites is 1. The van der Waals surface area contributed by atoms with Crippen molar-refractivity contribution in [3.05, 3.63) is 67.0 Å². The first-order valence-electron chi connectivity index (χ1n) is 6.81. The van der Waals surface area contributed by atoms with Gasteiger partial charge in [-0.15, -0.1) is 0 Å². The second kappa shape index (κ2) is 7.83. The summed E-state index contributed by atoms with van der Waals surface area (Å²) in [6, 6.07) is 13.2. The van der Waals surface area contributed by atoms with Crippen molar-refractivity contribution in [3.8, 4) is 5.75 Å². The number of amides is 1. The van der Waals surface area contributed by atoms with Crippen LogP contribution in [0, 0.1) is 5.82 Å². The van der Waals surface area contributed by atoms with E-state index in [0.717, 1.165) is 11.4 Å². The summed E-state index contributed by atoms with van der Waals surface area (Å²) in [7, 11) is 0. The molecule has 0 atom stereocenters. The lowest BCUT2D eigenvalue weighted by molar-refractivity contribution is -0.114. The lowest BCUT2D eigenvalue weighted by Gasteiger charge is -2.09. The average molecular weight is 300 g/mol. The van der Waals surface area contributed by atoms with Gasteiger partial charge < -0.3 is 15.4 Å². The summed E-state index contributed by atoms with van der Waals surface area (Å²) in [5.41, 5.74) is 0.942. The lowest BCUT2D eigenvalue weighted by atomic mass is 10.3. The fourth-order valence-electron chi connectivity index (χ4n) is 1.76. The van der Waals surface area contributed by atoms with Crippen LogP contribution in [0.2, 0.25) is 0 Å². The van der Waals surface area contributed by atoms with Crippen LogP contribution in [0.3, 0.4) is 0 Å². The molecule has 0 fully saturated rings. The van der Waals surface area contributed by atoms with Crippen molar-refractivity contribution >= 4 is 17.3 Å². The minimum atomic E-state index is -0.459. The largest absolute Gasteiger partial charge is 0.490 e. The topological polar surface area (TPSA) is 50.4 Å². The zero-order valence-electron chi connectivity index (χ0n) is 12.0. The highest BCUT2D eigenvalue weighted by atomic mass is 19.1. The molecule has 0 saturated carbocycles. The van der Waals surface area contributed by atoms with E-state index in [2.05, 4.69) is 17.2 Å². The van der Waals surface area contributed by atoms with Gasteiger partial charge in [0.1, 0.15) is 18.2 Å². The van der Waals surface area contributed by atoms with Crippen LogP contribution in [-0.2, 0) is 4.79 Å². The Kier molecular flexibility index (Phi) is 5.54. The summed E-state index contributed by atoms with van der Waals surface area (Å²) < 4.78 is 18.8. The van der Waals surface area contributed by atoms with E-state index in [9.17, 15) is 9.18 Å². The summed E-state index contributed by atoms with van der Waals surface area (Å²) in [6.07, 6.45) is 1.67. The van der Waals surface area contributed by atoms with Gasteiger partial charge in [0.25, 0.3) is 0 Å². The number of halogens is 1. The fourth-order valence-corrected chi connectivity index (χ4v) is 1.76. The maximum Gasteiger partial charge on any atom is 0.243 e. The van der Waals surface area contributed by atoms with Crippen molar-refractivity contribution in [3.63, 3.8) is 0 Å². The maximum absolute atomic E-state index is 13.4. The predicted molar refractivity (Wildman–Crippen MR) is 85.7 cm³/mol. The molecule has 2 aromatic rings. The average Bonchev–Trinajstić information content (AvgIpc) is 2.54. The van der Waals surface area contributed by atoms with Crippen LogP contribution in [0.25, 0.3) is 0 Å². The van der Waals surface area contributed by atoms with Gasteiger partial charge in [0.05, 0.1) is 12.2 Å². The highest BCUT2D eigenvalue weighted by molar-refractivity contribution is 5.93. The van der Waals surface area contributed by atoms with Gasteiger partial charge in [0.15, 0.2) is 0 Å². The molecule has 2 aromatic carbocycles. The van der Waals surface area contributed by atoms with Gasteiger partial charge >= 0.3 is 0 Å². The second-order valence-corrected chi connectivity index (χ2v) is 4.51. The number of anilines is 2. The number of hydrogen-bond donors (Lipinski definition) is 2. The summed E-state index contributed by atoms with van der Waals surface area (Å²) in [4.78, 5) is 11.8. The second-order valence-electron chi connectivity index (χ2n) is 4.51. The van der Waals surface area contributed by atoms with Crippen LogP contribution in [0.5, 0.6) is 5.75 Å². The Balaban J connectivity index is 1.83. The SMILES string of the molecule is C=CCOc1ccc(NCC(=O)Nc2ccccc2F)cc1. The number of carbonyl (C=O) groups excluding carboxylic acids is 1. The van der Waals surface area contributed by atoms with E-state index in [-0.39, 0.29) is 18.1 Å². The first kappa shape index (κ1) is 15.6. The van der Waals surface area contributed by atoms with E-state index in [1.165, 1.54) is 12.1 Å². The Labute approximate surface area is 128 Å². The minimum Gasteiger partial charge on any atom is -0.490 e. The van der Waals surface area contributed by atoms with E-state index < -0.39 is 5.82 Å². The first-order chi connectivity index (χ1) is 10.7. The summed E-state index contributed by atoms with van der Waals surface area (Å²) in [6.45, 7) is 4.06. The fraction of sp³-hybridized carbons (Fsp3) is 0.118. The molecule has 22 heavy (non-hydrogen) atoms. The number of rotatable bonds is 7. The van der Waals surface area contributed by atoms with Crippen molar-refractivity contribution in [2.45, 2.75) is 0 Å². The summed E-state index contributed by atoms with van der Waals surface area (Å²) in [5, 5.41) is 5.46. The van der Waals surface area contributed by atoms with Crippen molar-refractivity contribution < 1.29 is 13.9 Å². The third kappa shape index (κ3) is 4.63. The zero-order chi connectivity index (χ0) is 15.8. The quantitative estimate of drug-likeness (QED) is 0.770. The molecule has 0 unspecified atom stereocenters. The molecule has 0 aliphatic rings. The molecule has 2 rings (SSSR count). The van der Waals surface area contributed by atoms with Crippen LogP contribution in [0.4, 0.5) is 15.8 Å². The van der Waals surface area contributed by atoms with Crippen LogP contribution in [0.15, 0.2) is 61.2 Å². The van der Waals surface area contributed by atoms with Crippen LogP contribution in [-0.4, -0.2) is 19.1 Å². The monoisotopic (exact) mass is 300 g/mol. The van der Waals surface area contributed by atoms with Crippen molar-refractivity contribution in [2.75, 3.05) is 23.8 Å². The lowest BCUT2D eigenvalue weighted by Crippen LogP contribution is -2.22. The molecular formula is C17H17FN2O2. The Bertz CT molecular complexity index is 641. The van der Waals surface area contributed by atoms with Crippen molar-refractivity contribution in [1.82, 2.24) is 0 Å². The molecule has 0 heterocycles. The van der Waals surface area contributed by atoms with E-state index >= 15 is 0 Å². The normalized spacial score (nSPS) is 9.86. The van der Waals surface area contributed by atoms with Crippen molar-refractivity contribution in [1.29, 1.82) is 0 Å². The van der Waals surface area contributed by atoms with E-state index in [0.29, 0.717) is 6.61 Å². The van der Waals surface area contributed by atoms with Gasteiger partial charge in [-0.25, -0.2) is 4.39 Å². The summed E-state index contributed by atoms with van der Waals surface area (Å²) in [5.74, 6) is -0.0575. The number of hydrogen-bond acceptors (Lipinski definition) is 3. The Morgan fingerprint density at radius 3 is 2.59 bits per heavy atom. The Hall–Kier alpha value is -2.82. The molecule has 0 spiro atoms. The van der Waals surface area contributed by atoms with E-state index in [1.807, 2.05) is 0 Å². The minimum absolute atomic E-state index is 0.0429. The number of nitrogens with one attached hydrogen (secondary N) is 2. The summed E-state index contributed by atoms with van der Waals surface area (Å²) >= 11 is 0. The zero-order valence-corrected chi connectivity index (χ0v) is 12.0. The molecule has 4 nitrogen and oxygen atoms in total. The van der Waals surface area contributed by atoms with Gasteiger partial charge in [-0.2, -0.15) is 0 Å². The van der Waals surface area contributed by atoms with Crippen LogP contribution < -0.4 is 15.4 Å². The van der Waals surface area contributed by atoms with Gasteiger partial charge in [-0.05, 0) is 36.4 Å². The number of carbonyl (C=O) groups is 1. The highest BCUT2D eigenvalue weighted by Gasteiger charge is 2.06. The van der Waals surface area contributed by atoms with Crippen molar-refractivity contribution in [2.24, 2.45) is 0 Å². The molecular weight excluding hydrogens is 283 g/mol. The van der Waals surface area contributed by atoms with Gasteiger partial charge in [0, 0.05) is 5.69 Å². The molecule has 2 N–H and O–H groups in total.